The van der Waals surface area contributed by atoms with Gasteiger partial charge in [-0.1, -0.05) is 0 Å². The maximum Gasteiger partial charge on any atom is 0.198 e. The van der Waals surface area contributed by atoms with E-state index in [9.17, 15) is 0 Å². The van der Waals surface area contributed by atoms with E-state index in [1.165, 1.54) is 5.56 Å². The summed E-state index contributed by atoms with van der Waals surface area (Å²) < 4.78 is 0. The lowest BCUT2D eigenvalue weighted by Gasteiger charge is -2.18. The lowest BCUT2D eigenvalue weighted by atomic mass is 10.1. The second kappa shape index (κ2) is 4.42. The molecule has 2 aromatic rings. The second-order valence-electron chi connectivity index (χ2n) is 4.57. The average molecular weight is 241 g/mol. The molecule has 1 N–H and O–H groups in total. The predicted molar refractivity (Wildman–Crippen MR) is 67.9 cm³/mol. The molecule has 0 bridgehead atoms. The molecular formula is C13H15N5. The summed E-state index contributed by atoms with van der Waals surface area (Å²) in [7, 11) is 0. The SMILES string of the molecule is Cc1cnc(-c2nc(C)c3c(n2)CCNC3)nc1. The minimum Gasteiger partial charge on any atom is -0.312 e. The first-order valence-corrected chi connectivity index (χ1v) is 6.10. The van der Waals surface area contributed by atoms with Gasteiger partial charge in [0.15, 0.2) is 11.6 Å². The van der Waals surface area contributed by atoms with E-state index in [1.807, 2.05) is 13.8 Å². The highest BCUT2D eigenvalue weighted by Gasteiger charge is 2.16. The molecule has 3 heterocycles. The molecule has 0 atom stereocenters. The Morgan fingerprint density at radius 2 is 1.83 bits per heavy atom. The van der Waals surface area contributed by atoms with Gasteiger partial charge in [0.1, 0.15) is 0 Å². The third-order valence-electron chi connectivity index (χ3n) is 3.12. The van der Waals surface area contributed by atoms with Gasteiger partial charge in [0.05, 0.1) is 5.69 Å². The van der Waals surface area contributed by atoms with E-state index in [4.69, 9.17) is 0 Å². The molecule has 2 aromatic heterocycles. The third-order valence-corrected chi connectivity index (χ3v) is 3.12. The summed E-state index contributed by atoms with van der Waals surface area (Å²) >= 11 is 0. The molecule has 0 saturated carbocycles. The van der Waals surface area contributed by atoms with Crippen molar-refractivity contribution < 1.29 is 0 Å². The first-order valence-electron chi connectivity index (χ1n) is 6.10. The number of rotatable bonds is 1. The minimum absolute atomic E-state index is 0.602. The molecule has 5 nitrogen and oxygen atoms in total. The molecule has 5 heteroatoms. The van der Waals surface area contributed by atoms with Gasteiger partial charge in [-0.25, -0.2) is 19.9 Å². The summed E-state index contributed by atoms with van der Waals surface area (Å²) in [5.41, 5.74) is 4.40. The van der Waals surface area contributed by atoms with E-state index in [-0.39, 0.29) is 0 Å². The molecule has 0 amide bonds. The van der Waals surface area contributed by atoms with Crippen LogP contribution in [0.4, 0.5) is 0 Å². The maximum absolute atomic E-state index is 4.60. The van der Waals surface area contributed by atoms with E-state index in [0.717, 1.165) is 36.5 Å². The molecule has 3 rings (SSSR count). The quantitative estimate of drug-likeness (QED) is 0.812. The van der Waals surface area contributed by atoms with Crippen LogP contribution in [-0.4, -0.2) is 26.5 Å². The summed E-state index contributed by atoms with van der Waals surface area (Å²) in [4.78, 5) is 17.7. The van der Waals surface area contributed by atoms with Crippen LogP contribution in [0, 0.1) is 13.8 Å². The van der Waals surface area contributed by atoms with Gasteiger partial charge in [-0.2, -0.15) is 0 Å². The van der Waals surface area contributed by atoms with Crippen molar-refractivity contribution in [1.82, 2.24) is 25.3 Å². The van der Waals surface area contributed by atoms with Crippen LogP contribution in [0.15, 0.2) is 12.4 Å². The van der Waals surface area contributed by atoms with Crippen LogP contribution in [0.3, 0.4) is 0 Å². The number of nitrogens with zero attached hydrogens (tertiary/aromatic N) is 4. The standard InChI is InChI=1S/C13H15N5/c1-8-5-15-12(16-6-8)13-17-9(2)10-7-14-4-3-11(10)18-13/h5-6,14H,3-4,7H2,1-2H3. The Morgan fingerprint density at radius 3 is 2.61 bits per heavy atom. The summed E-state index contributed by atoms with van der Waals surface area (Å²) in [6.45, 7) is 5.81. The topological polar surface area (TPSA) is 63.6 Å². The highest BCUT2D eigenvalue weighted by Crippen LogP contribution is 2.18. The molecule has 18 heavy (non-hydrogen) atoms. The fourth-order valence-electron chi connectivity index (χ4n) is 2.12. The number of nitrogens with one attached hydrogen (secondary N) is 1. The van der Waals surface area contributed by atoms with Gasteiger partial charge in [-0.05, 0) is 19.4 Å². The largest absolute Gasteiger partial charge is 0.312 e. The van der Waals surface area contributed by atoms with Crippen LogP contribution >= 0.6 is 0 Å². The van der Waals surface area contributed by atoms with Crippen LogP contribution in [0.25, 0.3) is 11.6 Å². The van der Waals surface area contributed by atoms with Crippen molar-refractivity contribution in [2.45, 2.75) is 26.8 Å². The van der Waals surface area contributed by atoms with Crippen molar-refractivity contribution in [3.63, 3.8) is 0 Å². The zero-order valence-electron chi connectivity index (χ0n) is 10.6. The van der Waals surface area contributed by atoms with Gasteiger partial charge in [-0.15, -0.1) is 0 Å². The average Bonchev–Trinajstić information content (AvgIpc) is 2.39. The summed E-state index contributed by atoms with van der Waals surface area (Å²) in [6, 6.07) is 0. The van der Waals surface area contributed by atoms with E-state index in [0.29, 0.717) is 11.6 Å². The number of aryl methyl sites for hydroxylation is 2. The predicted octanol–water partition coefficient (Wildman–Crippen LogP) is 1.20. The smallest absolute Gasteiger partial charge is 0.198 e. The number of aromatic nitrogens is 4. The van der Waals surface area contributed by atoms with E-state index < -0.39 is 0 Å². The summed E-state index contributed by atoms with van der Waals surface area (Å²) in [5, 5.41) is 3.34. The Bertz CT molecular complexity index is 577. The Kier molecular flexibility index (Phi) is 2.76. The number of hydrogen-bond donors (Lipinski definition) is 1. The van der Waals surface area contributed by atoms with Crippen LogP contribution in [0.1, 0.15) is 22.5 Å². The fourth-order valence-corrected chi connectivity index (χ4v) is 2.12. The van der Waals surface area contributed by atoms with Crippen molar-refractivity contribution in [3.05, 3.63) is 34.9 Å². The molecular weight excluding hydrogens is 226 g/mol. The lowest BCUT2D eigenvalue weighted by molar-refractivity contribution is 0.621. The molecule has 0 unspecified atom stereocenters. The van der Waals surface area contributed by atoms with E-state index >= 15 is 0 Å². The van der Waals surface area contributed by atoms with Crippen LogP contribution in [0.2, 0.25) is 0 Å². The molecule has 0 saturated heterocycles. The third kappa shape index (κ3) is 1.97. The Hall–Kier alpha value is -1.88. The first kappa shape index (κ1) is 11.2. The van der Waals surface area contributed by atoms with Gasteiger partial charge < -0.3 is 5.32 Å². The summed E-state index contributed by atoms with van der Waals surface area (Å²) in [5.74, 6) is 1.23. The molecule has 0 spiro atoms. The highest BCUT2D eigenvalue weighted by atomic mass is 15.0. The summed E-state index contributed by atoms with van der Waals surface area (Å²) in [6.07, 6.45) is 4.53. The molecule has 1 aliphatic heterocycles. The molecule has 1 aliphatic rings. The number of fused-ring (bicyclic) bond motifs is 1. The molecule has 92 valence electrons. The lowest BCUT2D eigenvalue weighted by Crippen LogP contribution is -2.26. The molecule has 0 fully saturated rings. The van der Waals surface area contributed by atoms with Crippen molar-refractivity contribution in [1.29, 1.82) is 0 Å². The van der Waals surface area contributed by atoms with E-state index in [2.05, 4.69) is 25.3 Å². The van der Waals surface area contributed by atoms with E-state index in [1.54, 1.807) is 12.4 Å². The zero-order valence-corrected chi connectivity index (χ0v) is 10.6. The minimum atomic E-state index is 0.602. The Labute approximate surface area is 106 Å². The van der Waals surface area contributed by atoms with Crippen molar-refractivity contribution >= 4 is 0 Å². The monoisotopic (exact) mass is 241 g/mol. The molecule has 0 aliphatic carbocycles. The Balaban J connectivity index is 2.08. The molecule has 0 radical (unpaired) electrons. The van der Waals surface area contributed by atoms with Gasteiger partial charge in [0.2, 0.25) is 0 Å². The fraction of sp³-hybridized carbons (Fsp3) is 0.385. The zero-order chi connectivity index (χ0) is 12.5. The van der Waals surface area contributed by atoms with Crippen molar-refractivity contribution in [2.75, 3.05) is 6.54 Å². The first-order chi connectivity index (χ1) is 8.74. The number of hydrogen-bond acceptors (Lipinski definition) is 5. The van der Waals surface area contributed by atoms with Gasteiger partial charge in [0, 0.05) is 43.2 Å². The Morgan fingerprint density at radius 1 is 1.06 bits per heavy atom. The maximum atomic E-state index is 4.60. The van der Waals surface area contributed by atoms with Crippen LogP contribution in [0.5, 0.6) is 0 Å². The van der Waals surface area contributed by atoms with Crippen LogP contribution < -0.4 is 5.32 Å². The van der Waals surface area contributed by atoms with Gasteiger partial charge >= 0.3 is 0 Å². The van der Waals surface area contributed by atoms with Gasteiger partial charge in [-0.3, -0.25) is 0 Å². The highest BCUT2D eigenvalue weighted by molar-refractivity contribution is 5.45. The van der Waals surface area contributed by atoms with Gasteiger partial charge in [0.25, 0.3) is 0 Å². The normalized spacial score (nSPS) is 14.3. The van der Waals surface area contributed by atoms with Crippen molar-refractivity contribution in [3.8, 4) is 11.6 Å². The molecule has 0 aromatic carbocycles. The second-order valence-corrected chi connectivity index (χ2v) is 4.57. The van der Waals surface area contributed by atoms with Crippen molar-refractivity contribution in [2.24, 2.45) is 0 Å². The van der Waals surface area contributed by atoms with Crippen LogP contribution in [-0.2, 0) is 13.0 Å².